The molecular formula is C15H27N3. The molecule has 0 spiro atoms. The van der Waals surface area contributed by atoms with E-state index >= 15 is 0 Å². The third kappa shape index (κ3) is 2.77. The third-order valence-electron chi connectivity index (χ3n) is 3.72. The lowest BCUT2D eigenvalue weighted by atomic mass is 10.0. The number of nitrogens with one attached hydrogen (secondary N) is 1. The van der Waals surface area contributed by atoms with Gasteiger partial charge in [0.15, 0.2) is 0 Å². The van der Waals surface area contributed by atoms with Crippen molar-refractivity contribution >= 4 is 0 Å². The van der Waals surface area contributed by atoms with Gasteiger partial charge >= 0.3 is 0 Å². The summed E-state index contributed by atoms with van der Waals surface area (Å²) in [5.74, 6) is 2.05. The average molecular weight is 249 g/mol. The van der Waals surface area contributed by atoms with Crippen molar-refractivity contribution in [2.45, 2.75) is 66.0 Å². The molecule has 0 saturated carbocycles. The molecule has 0 bridgehead atoms. The molecule has 102 valence electrons. The van der Waals surface area contributed by atoms with Crippen LogP contribution in [0.25, 0.3) is 0 Å². The second kappa shape index (κ2) is 5.87. The van der Waals surface area contributed by atoms with Crippen LogP contribution in [0.3, 0.4) is 0 Å². The van der Waals surface area contributed by atoms with E-state index in [1.807, 2.05) is 0 Å². The van der Waals surface area contributed by atoms with Crippen molar-refractivity contribution < 1.29 is 0 Å². The first-order chi connectivity index (χ1) is 8.63. The summed E-state index contributed by atoms with van der Waals surface area (Å²) >= 11 is 0. The normalized spacial score (nSPS) is 16.9. The lowest BCUT2D eigenvalue weighted by molar-refractivity contribution is 0.404. The number of aromatic nitrogens is 2. The first-order valence-electron chi connectivity index (χ1n) is 7.43. The van der Waals surface area contributed by atoms with Gasteiger partial charge in [0.2, 0.25) is 0 Å². The van der Waals surface area contributed by atoms with E-state index in [0.29, 0.717) is 6.04 Å². The average Bonchev–Trinajstić information content (AvgIpc) is 2.66. The smallest absolute Gasteiger partial charge is 0.109 e. The molecule has 2 rings (SSSR count). The van der Waals surface area contributed by atoms with Crippen LogP contribution >= 0.6 is 0 Å². The molecular weight excluding hydrogens is 222 g/mol. The van der Waals surface area contributed by atoms with Crippen molar-refractivity contribution in [1.29, 1.82) is 0 Å². The number of hydrogen-bond donors (Lipinski definition) is 1. The molecule has 3 heteroatoms. The first-order valence-corrected chi connectivity index (χ1v) is 7.43. The van der Waals surface area contributed by atoms with Crippen molar-refractivity contribution in [3.8, 4) is 0 Å². The van der Waals surface area contributed by atoms with Gasteiger partial charge in [0.05, 0.1) is 5.69 Å². The van der Waals surface area contributed by atoms with Crippen LogP contribution in [0, 0.1) is 5.92 Å². The Labute approximate surface area is 111 Å². The third-order valence-corrected chi connectivity index (χ3v) is 3.72. The Kier molecular flexibility index (Phi) is 4.44. The van der Waals surface area contributed by atoms with Crippen molar-refractivity contribution in [3.63, 3.8) is 0 Å². The molecule has 0 fully saturated rings. The Morgan fingerprint density at radius 2 is 2.11 bits per heavy atom. The van der Waals surface area contributed by atoms with Crippen LogP contribution < -0.4 is 5.32 Å². The van der Waals surface area contributed by atoms with Gasteiger partial charge in [-0.25, -0.2) is 4.98 Å². The summed E-state index contributed by atoms with van der Waals surface area (Å²) in [7, 11) is 0. The standard InChI is InChI=1S/C15H27N3/c1-5-6-15-17-13-10-16-8-7-14(13)18(15)12(4)9-11(2)3/h11-12,16H,5-10H2,1-4H3. The maximum absolute atomic E-state index is 4.87. The Hall–Kier alpha value is -0.830. The van der Waals surface area contributed by atoms with Crippen molar-refractivity contribution in [2.75, 3.05) is 6.54 Å². The SMILES string of the molecule is CCCc1nc2c(n1C(C)CC(C)C)CCNC2. The summed E-state index contributed by atoms with van der Waals surface area (Å²) in [5, 5.41) is 3.43. The van der Waals surface area contributed by atoms with Gasteiger partial charge in [-0.2, -0.15) is 0 Å². The van der Waals surface area contributed by atoms with Crippen LogP contribution in [0.15, 0.2) is 0 Å². The number of rotatable bonds is 5. The fraction of sp³-hybridized carbons (Fsp3) is 0.800. The predicted octanol–water partition coefficient (Wildman–Crippen LogP) is 3.09. The second-order valence-corrected chi connectivity index (χ2v) is 5.95. The van der Waals surface area contributed by atoms with Gasteiger partial charge < -0.3 is 9.88 Å². The van der Waals surface area contributed by atoms with Crippen LogP contribution in [0.1, 0.15) is 63.8 Å². The van der Waals surface area contributed by atoms with Crippen molar-refractivity contribution in [3.05, 3.63) is 17.2 Å². The molecule has 3 nitrogen and oxygen atoms in total. The maximum Gasteiger partial charge on any atom is 0.109 e. The highest BCUT2D eigenvalue weighted by atomic mass is 15.1. The molecule has 1 aliphatic heterocycles. The maximum atomic E-state index is 4.87. The minimum absolute atomic E-state index is 0.584. The number of imidazole rings is 1. The number of fused-ring (bicyclic) bond motifs is 1. The molecule has 0 aliphatic carbocycles. The molecule has 18 heavy (non-hydrogen) atoms. The van der Waals surface area contributed by atoms with Crippen LogP contribution in [0.4, 0.5) is 0 Å². The van der Waals surface area contributed by atoms with Gasteiger partial charge in [-0.1, -0.05) is 20.8 Å². The molecule has 1 unspecified atom stereocenters. The minimum atomic E-state index is 0.584. The molecule has 1 aromatic rings. The number of nitrogens with zero attached hydrogens (tertiary/aromatic N) is 2. The first kappa shape index (κ1) is 13.6. The van der Waals surface area contributed by atoms with E-state index in [1.54, 1.807) is 0 Å². The molecule has 0 amide bonds. The van der Waals surface area contributed by atoms with Gasteiger partial charge in [0.25, 0.3) is 0 Å². The summed E-state index contributed by atoms with van der Waals surface area (Å²) in [4.78, 5) is 4.87. The quantitative estimate of drug-likeness (QED) is 0.869. The summed E-state index contributed by atoms with van der Waals surface area (Å²) in [6.07, 6.45) is 4.66. The molecule has 0 aromatic carbocycles. The second-order valence-electron chi connectivity index (χ2n) is 5.95. The van der Waals surface area contributed by atoms with E-state index in [2.05, 4.69) is 37.6 Å². The lowest BCUT2D eigenvalue weighted by Gasteiger charge is -2.23. The van der Waals surface area contributed by atoms with Gasteiger partial charge in [-0.15, -0.1) is 0 Å². The molecule has 1 aromatic heterocycles. The predicted molar refractivity (Wildman–Crippen MR) is 75.8 cm³/mol. The van der Waals surface area contributed by atoms with Gasteiger partial charge in [0.1, 0.15) is 5.82 Å². The summed E-state index contributed by atoms with van der Waals surface area (Å²) in [6.45, 7) is 11.3. The molecule has 1 aliphatic rings. The van der Waals surface area contributed by atoms with Crippen molar-refractivity contribution in [1.82, 2.24) is 14.9 Å². The highest BCUT2D eigenvalue weighted by Crippen LogP contribution is 2.26. The Morgan fingerprint density at radius 3 is 2.78 bits per heavy atom. The largest absolute Gasteiger partial charge is 0.329 e. The Morgan fingerprint density at radius 1 is 1.33 bits per heavy atom. The zero-order chi connectivity index (χ0) is 13.1. The number of aryl methyl sites for hydroxylation is 1. The van der Waals surface area contributed by atoms with Crippen LogP contribution in [0.5, 0.6) is 0 Å². The topological polar surface area (TPSA) is 29.9 Å². The Balaban J connectivity index is 2.32. The van der Waals surface area contributed by atoms with E-state index < -0.39 is 0 Å². The van der Waals surface area contributed by atoms with Gasteiger partial charge in [0, 0.05) is 37.7 Å². The molecule has 0 radical (unpaired) electrons. The van der Waals surface area contributed by atoms with E-state index in [1.165, 1.54) is 30.1 Å². The van der Waals surface area contributed by atoms with Crippen LogP contribution in [0.2, 0.25) is 0 Å². The summed E-state index contributed by atoms with van der Waals surface area (Å²) < 4.78 is 2.54. The monoisotopic (exact) mass is 249 g/mol. The molecule has 1 N–H and O–H groups in total. The van der Waals surface area contributed by atoms with E-state index in [4.69, 9.17) is 4.98 Å². The zero-order valence-electron chi connectivity index (χ0n) is 12.3. The van der Waals surface area contributed by atoms with Crippen LogP contribution in [-0.2, 0) is 19.4 Å². The fourth-order valence-electron chi connectivity index (χ4n) is 3.10. The highest BCUT2D eigenvalue weighted by molar-refractivity contribution is 5.21. The van der Waals surface area contributed by atoms with E-state index in [9.17, 15) is 0 Å². The van der Waals surface area contributed by atoms with Gasteiger partial charge in [-0.3, -0.25) is 0 Å². The summed E-state index contributed by atoms with van der Waals surface area (Å²) in [6, 6.07) is 0.584. The van der Waals surface area contributed by atoms with E-state index in [0.717, 1.165) is 31.8 Å². The number of hydrogen-bond acceptors (Lipinski definition) is 2. The highest BCUT2D eigenvalue weighted by Gasteiger charge is 2.22. The molecule has 0 saturated heterocycles. The summed E-state index contributed by atoms with van der Waals surface area (Å²) in [5.41, 5.74) is 2.78. The molecule has 2 heterocycles. The van der Waals surface area contributed by atoms with Gasteiger partial charge in [-0.05, 0) is 25.7 Å². The van der Waals surface area contributed by atoms with E-state index in [-0.39, 0.29) is 0 Å². The van der Waals surface area contributed by atoms with Crippen LogP contribution in [-0.4, -0.2) is 16.1 Å². The van der Waals surface area contributed by atoms with Crippen molar-refractivity contribution in [2.24, 2.45) is 5.92 Å². The fourth-order valence-corrected chi connectivity index (χ4v) is 3.10. The minimum Gasteiger partial charge on any atom is -0.329 e. The molecule has 1 atom stereocenters. The zero-order valence-corrected chi connectivity index (χ0v) is 12.3. The lowest BCUT2D eigenvalue weighted by Crippen LogP contribution is -2.26. The Bertz CT molecular complexity index is 393.